The molecule has 0 bridgehead atoms. The molecule has 0 saturated carbocycles. The normalized spacial score (nSPS) is 11.4. The third-order valence-electron chi connectivity index (χ3n) is 2.81. The Bertz CT molecular complexity index is 678. The second kappa shape index (κ2) is 5.52. The first kappa shape index (κ1) is 13.1. The summed E-state index contributed by atoms with van der Waals surface area (Å²) < 4.78 is 13.9. The lowest BCUT2D eigenvalue weighted by Crippen LogP contribution is -2.04. The lowest BCUT2D eigenvalue weighted by Gasteiger charge is -2.13. The zero-order chi connectivity index (χ0) is 13.8. The Kier molecular flexibility index (Phi) is 3.80. The van der Waals surface area contributed by atoms with Gasteiger partial charge in [-0.1, -0.05) is 35.9 Å². The summed E-state index contributed by atoms with van der Waals surface area (Å²) in [7, 11) is 0. The van der Waals surface area contributed by atoms with E-state index in [1.807, 2.05) is 12.1 Å². The Morgan fingerprint density at radius 3 is 2.42 bits per heavy atom. The lowest BCUT2D eigenvalue weighted by atomic mass is 9.89. The van der Waals surface area contributed by atoms with Gasteiger partial charge in [0.1, 0.15) is 11.7 Å². The Labute approximate surface area is 115 Å². The third-order valence-corrected chi connectivity index (χ3v) is 3.14. The van der Waals surface area contributed by atoms with Crippen LogP contribution in [0.2, 0.25) is 5.02 Å². The topological polar surface area (TPSA) is 47.6 Å². The van der Waals surface area contributed by atoms with Crippen molar-refractivity contribution in [2.45, 2.75) is 5.92 Å². The molecule has 0 heterocycles. The van der Waals surface area contributed by atoms with Crippen molar-refractivity contribution in [3.05, 3.63) is 70.0 Å². The number of nitrogens with zero attached hydrogens (tertiary/aromatic N) is 2. The van der Waals surface area contributed by atoms with Gasteiger partial charge >= 0.3 is 0 Å². The highest BCUT2D eigenvalue weighted by molar-refractivity contribution is 6.31. The van der Waals surface area contributed by atoms with Gasteiger partial charge in [0.2, 0.25) is 0 Å². The van der Waals surface area contributed by atoms with Gasteiger partial charge in [-0.2, -0.15) is 10.5 Å². The molecule has 0 N–H and O–H groups in total. The second-order valence-corrected chi connectivity index (χ2v) is 4.30. The average Bonchev–Trinajstić information content (AvgIpc) is 2.43. The summed E-state index contributed by atoms with van der Waals surface area (Å²) in [5, 5.41) is 18.6. The smallest absolute Gasteiger partial charge is 0.129 e. The van der Waals surface area contributed by atoms with Crippen molar-refractivity contribution in [2.75, 3.05) is 0 Å². The van der Waals surface area contributed by atoms with E-state index in [-0.39, 0.29) is 10.6 Å². The Balaban J connectivity index is 2.65. The molecular formula is C15H8ClFN2. The van der Waals surface area contributed by atoms with Crippen molar-refractivity contribution < 1.29 is 4.39 Å². The number of benzene rings is 2. The molecule has 4 heteroatoms. The molecule has 0 aliphatic carbocycles. The second-order valence-electron chi connectivity index (χ2n) is 3.90. The van der Waals surface area contributed by atoms with E-state index < -0.39 is 11.7 Å². The van der Waals surface area contributed by atoms with Crippen LogP contribution in [0.25, 0.3) is 0 Å². The van der Waals surface area contributed by atoms with E-state index in [1.165, 1.54) is 18.2 Å². The predicted molar refractivity (Wildman–Crippen MR) is 70.0 cm³/mol. The molecule has 1 atom stereocenters. The van der Waals surface area contributed by atoms with Crippen LogP contribution in [0.3, 0.4) is 0 Å². The Morgan fingerprint density at radius 1 is 1.05 bits per heavy atom. The van der Waals surface area contributed by atoms with Crippen LogP contribution in [0, 0.1) is 28.5 Å². The van der Waals surface area contributed by atoms with Crippen LogP contribution < -0.4 is 0 Å². The van der Waals surface area contributed by atoms with Crippen LogP contribution in [0.4, 0.5) is 4.39 Å². The fourth-order valence-corrected chi connectivity index (χ4v) is 2.20. The molecule has 0 amide bonds. The number of nitriles is 2. The highest BCUT2D eigenvalue weighted by atomic mass is 35.5. The highest BCUT2D eigenvalue weighted by Crippen LogP contribution is 2.33. The van der Waals surface area contributed by atoms with Gasteiger partial charge < -0.3 is 0 Å². The number of hydrogen-bond donors (Lipinski definition) is 0. The van der Waals surface area contributed by atoms with Gasteiger partial charge in [0.05, 0.1) is 17.7 Å². The molecule has 0 aliphatic rings. The predicted octanol–water partition coefficient (Wildman–Crippen LogP) is 4.01. The number of rotatable bonds is 2. The zero-order valence-corrected chi connectivity index (χ0v) is 10.5. The van der Waals surface area contributed by atoms with Crippen LogP contribution in [0.1, 0.15) is 22.6 Å². The Hall–Kier alpha value is -2.36. The Morgan fingerprint density at radius 2 is 1.79 bits per heavy atom. The van der Waals surface area contributed by atoms with E-state index in [0.29, 0.717) is 11.1 Å². The molecule has 0 aromatic heterocycles. The summed E-state index contributed by atoms with van der Waals surface area (Å²) in [5.41, 5.74) is 0.905. The van der Waals surface area contributed by atoms with E-state index in [9.17, 15) is 9.65 Å². The van der Waals surface area contributed by atoms with Gasteiger partial charge in [-0.15, -0.1) is 0 Å². The molecule has 0 spiro atoms. The van der Waals surface area contributed by atoms with Gasteiger partial charge in [0, 0.05) is 10.6 Å². The fraction of sp³-hybridized carbons (Fsp3) is 0.0667. The summed E-state index contributed by atoms with van der Waals surface area (Å²) >= 11 is 5.97. The monoisotopic (exact) mass is 270 g/mol. The molecule has 2 aromatic rings. The van der Waals surface area contributed by atoms with Crippen LogP contribution in [-0.2, 0) is 0 Å². The first-order chi connectivity index (χ1) is 9.19. The van der Waals surface area contributed by atoms with Gasteiger partial charge in [0.15, 0.2) is 0 Å². The average molecular weight is 271 g/mol. The lowest BCUT2D eigenvalue weighted by molar-refractivity contribution is 0.609. The molecule has 2 rings (SSSR count). The van der Waals surface area contributed by atoms with Crippen molar-refractivity contribution in [1.29, 1.82) is 10.5 Å². The number of hydrogen-bond acceptors (Lipinski definition) is 2. The van der Waals surface area contributed by atoms with E-state index >= 15 is 0 Å². The maximum atomic E-state index is 13.9. The minimum absolute atomic E-state index is 0.106. The summed E-state index contributed by atoms with van der Waals surface area (Å²) in [5.74, 6) is -1.45. The SMILES string of the molecule is N#Cc1ccccc1[C@@H](C#N)c1c(F)cccc1Cl. The van der Waals surface area contributed by atoms with E-state index in [1.54, 1.807) is 24.3 Å². The van der Waals surface area contributed by atoms with E-state index in [2.05, 4.69) is 0 Å². The molecule has 92 valence electrons. The largest absolute Gasteiger partial charge is 0.207 e. The molecule has 0 unspecified atom stereocenters. The molecular weight excluding hydrogens is 263 g/mol. The summed E-state index contributed by atoms with van der Waals surface area (Å²) in [6, 6.07) is 14.9. The standard InChI is InChI=1S/C15H8ClFN2/c16-13-6-3-7-14(17)15(13)12(9-19)11-5-2-1-4-10(11)8-18/h1-7,12H/t12-/m1/s1. The molecule has 0 fully saturated rings. The van der Waals surface area contributed by atoms with Crippen LogP contribution in [0.5, 0.6) is 0 Å². The summed E-state index contributed by atoms with van der Waals surface area (Å²) in [6.45, 7) is 0. The zero-order valence-electron chi connectivity index (χ0n) is 9.77. The van der Waals surface area contributed by atoms with Gasteiger partial charge in [0.25, 0.3) is 0 Å². The first-order valence-electron chi connectivity index (χ1n) is 5.51. The fourth-order valence-electron chi connectivity index (χ4n) is 1.93. The molecule has 2 aromatic carbocycles. The summed E-state index contributed by atoms with van der Waals surface area (Å²) in [6.07, 6.45) is 0. The third kappa shape index (κ3) is 2.42. The van der Waals surface area contributed by atoms with E-state index in [0.717, 1.165) is 0 Å². The van der Waals surface area contributed by atoms with Crippen molar-refractivity contribution in [3.8, 4) is 12.1 Å². The van der Waals surface area contributed by atoms with Gasteiger partial charge in [-0.3, -0.25) is 0 Å². The van der Waals surface area contributed by atoms with Crippen LogP contribution >= 0.6 is 11.6 Å². The van der Waals surface area contributed by atoms with E-state index in [4.69, 9.17) is 16.9 Å². The molecule has 2 nitrogen and oxygen atoms in total. The minimum atomic E-state index is -0.899. The van der Waals surface area contributed by atoms with Crippen molar-refractivity contribution in [1.82, 2.24) is 0 Å². The van der Waals surface area contributed by atoms with Crippen LogP contribution in [0.15, 0.2) is 42.5 Å². The molecule has 0 saturated heterocycles. The molecule has 19 heavy (non-hydrogen) atoms. The number of halogens is 2. The minimum Gasteiger partial charge on any atom is -0.207 e. The summed E-state index contributed by atoms with van der Waals surface area (Å²) in [4.78, 5) is 0. The van der Waals surface area contributed by atoms with Gasteiger partial charge in [-0.25, -0.2) is 4.39 Å². The van der Waals surface area contributed by atoms with Crippen molar-refractivity contribution in [3.63, 3.8) is 0 Å². The first-order valence-corrected chi connectivity index (χ1v) is 5.89. The maximum Gasteiger partial charge on any atom is 0.129 e. The molecule has 0 radical (unpaired) electrons. The van der Waals surface area contributed by atoms with Crippen molar-refractivity contribution >= 4 is 11.6 Å². The highest BCUT2D eigenvalue weighted by Gasteiger charge is 2.22. The van der Waals surface area contributed by atoms with Crippen LogP contribution in [-0.4, -0.2) is 0 Å². The quantitative estimate of drug-likeness (QED) is 0.828. The maximum absolute atomic E-state index is 13.9. The van der Waals surface area contributed by atoms with Gasteiger partial charge in [-0.05, 0) is 23.8 Å². The van der Waals surface area contributed by atoms with Crippen molar-refractivity contribution in [2.24, 2.45) is 0 Å². The molecule has 0 aliphatic heterocycles.